The number of carbonyl (C=O) groups excluding carboxylic acids is 7. The van der Waals surface area contributed by atoms with Gasteiger partial charge in [0.25, 0.3) is 0 Å². The third-order valence-corrected chi connectivity index (χ3v) is 11.4. The Labute approximate surface area is 315 Å². The number of nitrogens with two attached hydrogens (primary N) is 1. The number of para-hydroxylation sites is 1. The van der Waals surface area contributed by atoms with Crippen LogP contribution in [-0.4, -0.2) is 81.8 Å². The van der Waals surface area contributed by atoms with E-state index in [0.29, 0.717) is 16.9 Å². The van der Waals surface area contributed by atoms with Crippen molar-refractivity contribution in [2.75, 3.05) is 30.0 Å². The van der Waals surface area contributed by atoms with E-state index in [0.717, 1.165) is 10.8 Å². The van der Waals surface area contributed by atoms with Gasteiger partial charge in [0.15, 0.2) is 34.7 Å². The third kappa shape index (κ3) is 5.94. The van der Waals surface area contributed by atoms with Gasteiger partial charge in [0, 0.05) is 23.4 Å². The number of fused-ring (bicyclic) bond motifs is 4. The Morgan fingerprint density at radius 3 is 2.16 bits per heavy atom. The summed E-state index contributed by atoms with van der Waals surface area (Å²) < 4.78 is 0. The van der Waals surface area contributed by atoms with Crippen molar-refractivity contribution < 1.29 is 43.8 Å². The topological polar surface area (TPSA) is 225 Å². The quantitative estimate of drug-likeness (QED) is 0.119. The molecule has 282 valence electrons. The first kappa shape index (κ1) is 37.1. The van der Waals surface area contributed by atoms with Crippen LogP contribution < -0.4 is 21.7 Å². The minimum absolute atomic E-state index is 0.157. The van der Waals surface area contributed by atoms with E-state index in [4.69, 9.17) is 5.73 Å². The Balaban J connectivity index is 1.30. The fourth-order valence-corrected chi connectivity index (χ4v) is 9.15. The van der Waals surface area contributed by atoms with Crippen LogP contribution >= 0.6 is 0 Å². The van der Waals surface area contributed by atoms with Crippen molar-refractivity contribution in [1.29, 1.82) is 0 Å². The number of amides is 4. The van der Waals surface area contributed by atoms with Gasteiger partial charge in [-0.2, -0.15) is 0 Å². The average Bonchev–Trinajstić information content (AvgIpc) is 3.14. The molecular formula is C41H39N5O9. The number of primary amides is 1. The van der Waals surface area contributed by atoms with Gasteiger partial charge in [0.05, 0.1) is 28.9 Å². The van der Waals surface area contributed by atoms with Crippen molar-refractivity contribution in [3.63, 3.8) is 0 Å². The molecule has 2 saturated carbocycles. The number of carbonyl (C=O) groups is 7. The van der Waals surface area contributed by atoms with Gasteiger partial charge in [-0.1, -0.05) is 67.6 Å². The fourth-order valence-electron chi connectivity index (χ4n) is 9.15. The molecular weight excluding hydrogens is 706 g/mol. The number of phenols is 1. The number of rotatable bonds is 7. The van der Waals surface area contributed by atoms with Gasteiger partial charge in [-0.05, 0) is 67.1 Å². The number of aromatic hydroxyl groups is 1. The van der Waals surface area contributed by atoms with Crippen molar-refractivity contribution in [3.8, 4) is 5.75 Å². The van der Waals surface area contributed by atoms with Crippen molar-refractivity contribution in [2.45, 2.75) is 30.9 Å². The molecule has 0 aromatic heterocycles. The summed E-state index contributed by atoms with van der Waals surface area (Å²) in [4.78, 5) is 98.3. The fraction of sp³-hybridized carbons (Fsp3) is 0.293. The lowest BCUT2D eigenvalue weighted by molar-refractivity contribution is -0.190. The van der Waals surface area contributed by atoms with Crippen LogP contribution in [-0.2, 0) is 24.0 Å². The van der Waals surface area contributed by atoms with Crippen LogP contribution in [0.4, 0.5) is 21.9 Å². The molecule has 0 spiro atoms. The Morgan fingerprint density at radius 1 is 0.818 bits per heavy atom. The Morgan fingerprint density at radius 2 is 1.47 bits per heavy atom. The lowest BCUT2D eigenvalue weighted by Gasteiger charge is -2.57. The lowest BCUT2D eigenvalue weighted by atomic mass is 9.46. The molecule has 7 N–H and O–H groups in total. The minimum atomic E-state index is -3.09. The number of urea groups is 1. The molecule has 4 amide bonds. The molecule has 0 saturated heterocycles. The zero-order valence-corrected chi connectivity index (χ0v) is 30.1. The van der Waals surface area contributed by atoms with Gasteiger partial charge in [0.1, 0.15) is 5.75 Å². The Hall–Kier alpha value is -6.25. The van der Waals surface area contributed by atoms with Crippen molar-refractivity contribution in [1.82, 2.24) is 4.90 Å². The zero-order chi connectivity index (χ0) is 39.5. The van der Waals surface area contributed by atoms with E-state index in [1.807, 2.05) is 30.3 Å². The highest BCUT2D eigenvalue weighted by Crippen LogP contribution is 2.58. The van der Waals surface area contributed by atoms with E-state index in [1.165, 1.54) is 31.1 Å². The van der Waals surface area contributed by atoms with Crippen LogP contribution in [0.1, 0.15) is 35.2 Å². The minimum Gasteiger partial charge on any atom is -0.505 e. The largest absolute Gasteiger partial charge is 0.505 e. The summed E-state index contributed by atoms with van der Waals surface area (Å²) >= 11 is 0. The second-order valence-corrected chi connectivity index (χ2v) is 14.7. The highest BCUT2D eigenvalue weighted by molar-refractivity contribution is 6.32. The summed E-state index contributed by atoms with van der Waals surface area (Å²) in [6, 6.07) is 22.0. The van der Waals surface area contributed by atoms with Gasteiger partial charge in [-0.25, -0.2) is 4.79 Å². The van der Waals surface area contributed by atoms with E-state index in [-0.39, 0.29) is 11.3 Å². The van der Waals surface area contributed by atoms with Crippen LogP contribution in [0.15, 0.2) is 84.9 Å². The number of hydrogen-bond acceptors (Lipinski definition) is 10. The van der Waals surface area contributed by atoms with Gasteiger partial charge >= 0.3 is 6.03 Å². The molecule has 4 aromatic rings. The first-order valence-electron chi connectivity index (χ1n) is 17.8. The summed E-state index contributed by atoms with van der Waals surface area (Å²) in [5.74, 6) is -15.7. The summed E-state index contributed by atoms with van der Waals surface area (Å²) in [6.45, 7) is 1.69. The van der Waals surface area contributed by atoms with Crippen LogP contribution in [0, 0.1) is 29.6 Å². The number of likely N-dealkylation sites (N-methyl/N-ethyl adjacent to an activating group) is 1. The maximum absolute atomic E-state index is 14.7. The first-order chi connectivity index (χ1) is 26.2. The van der Waals surface area contributed by atoms with E-state index >= 15 is 0 Å². The molecule has 14 heteroatoms. The molecule has 0 radical (unpaired) electrons. The summed E-state index contributed by atoms with van der Waals surface area (Å²) in [5, 5.41) is 33.7. The summed E-state index contributed by atoms with van der Waals surface area (Å²) in [5.41, 5.74) is 3.17. The number of Topliss-reactive ketones (excluding diaryl/α,β-unsaturated/α-hetero) is 4. The standard InChI is InChI=1S/C41H39N5O9/c1-19-22-16-17-26(45-40(54)44-25-15-9-11-20-10-7-8-14-23(20)25)34(48)29(22)35(49)30-28(19)24(18-27(47)43-21-12-5-4-6-13-21)32-33(46(2)3)36(50)31(39(42)53)38(52)41(32,55)37(30)51/h4-17,19,24,28,30-33,48,55H,18H2,1-3H3,(H2,42,53)(H,43,47)(H2,44,45,54)/t19-,24-,28-,30?,31?,32-,33-,41-/m0/s1. The number of phenolic OH excluding ortho intramolecular Hbond substituents is 1. The summed E-state index contributed by atoms with van der Waals surface area (Å²) in [6.07, 6.45) is -0.435. The lowest BCUT2D eigenvalue weighted by Crippen LogP contribution is -2.76. The summed E-state index contributed by atoms with van der Waals surface area (Å²) in [7, 11) is 2.95. The molecule has 0 aliphatic heterocycles. The maximum atomic E-state index is 14.7. The molecule has 14 nitrogen and oxygen atoms in total. The number of anilines is 3. The molecule has 0 heterocycles. The predicted octanol–water partition coefficient (Wildman–Crippen LogP) is 3.48. The normalized spacial score (nSPS) is 27.2. The average molecular weight is 746 g/mol. The monoisotopic (exact) mass is 745 g/mol. The van der Waals surface area contributed by atoms with Gasteiger partial charge in [-0.3, -0.25) is 33.7 Å². The van der Waals surface area contributed by atoms with E-state index in [2.05, 4.69) is 16.0 Å². The second kappa shape index (κ2) is 13.9. The van der Waals surface area contributed by atoms with E-state index in [1.54, 1.807) is 49.4 Å². The molecule has 2 fully saturated rings. The zero-order valence-electron chi connectivity index (χ0n) is 30.1. The molecule has 55 heavy (non-hydrogen) atoms. The molecule has 4 aromatic carbocycles. The number of benzene rings is 4. The molecule has 2 unspecified atom stereocenters. The molecule has 0 bridgehead atoms. The molecule has 3 aliphatic rings. The highest BCUT2D eigenvalue weighted by Gasteiger charge is 2.72. The molecule has 3 aliphatic carbocycles. The molecule has 7 rings (SSSR count). The number of aliphatic hydroxyl groups is 1. The van der Waals surface area contributed by atoms with Crippen LogP contribution in [0.2, 0.25) is 0 Å². The highest BCUT2D eigenvalue weighted by atomic mass is 16.3. The van der Waals surface area contributed by atoms with Gasteiger partial charge < -0.3 is 31.9 Å². The smallest absolute Gasteiger partial charge is 0.323 e. The predicted molar refractivity (Wildman–Crippen MR) is 201 cm³/mol. The number of hydrogen-bond donors (Lipinski definition) is 6. The van der Waals surface area contributed by atoms with Crippen molar-refractivity contribution in [2.24, 2.45) is 35.3 Å². The SMILES string of the molecule is C[C@H]1c2ccc(NC(=O)Nc3cccc4ccccc34)c(O)c2C(=O)C2C(=O)[C@]3(O)C(=O)C(C(N)=O)C(=O)[C@@H](N(C)C)[C@@H]3[C@@H](CC(=O)Nc3ccccc3)[C@@H]21. The molecule has 8 atom stereocenters. The number of ketones is 4. The number of nitrogens with zero attached hydrogens (tertiary/aromatic N) is 1. The maximum Gasteiger partial charge on any atom is 0.323 e. The number of nitrogens with one attached hydrogen (secondary N) is 3. The van der Waals surface area contributed by atoms with Gasteiger partial charge in [-0.15, -0.1) is 0 Å². The first-order valence-corrected chi connectivity index (χ1v) is 17.8. The van der Waals surface area contributed by atoms with Crippen LogP contribution in [0.5, 0.6) is 5.75 Å². The van der Waals surface area contributed by atoms with E-state index in [9.17, 15) is 43.8 Å². The Kier molecular flexibility index (Phi) is 9.35. The Bertz CT molecular complexity index is 2300. The second-order valence-electron chi connectivity index (χ2n) is 14.7. The van der Waals surface area contributed by atoms with Crippen molar-refractivity contribution >= 4 is 68.8 Å². The van der Waals surface area contributed by atoms with Gasteiger partial charge in [0.2, 0.25) is 11.8 Å². The van der Waals surface area contributed by atoms with Crippen molar-refractivity contribution in [3.05, 3.63) is 96.1 Å². The van der Waals surface area contributed by atoms with Crippen LogP contribution in [0.3, 0.4) is 0 Å². The third-order valence-electron chi connectivity index (χ3n) is 11.4. The van der Waals surface area contributed by atoms with E-state index < -0.39 is 100 Å². The van der Waals surface area contributed by atoms with Crippen LogP contribution in [0.25, 0.3) is 10.8 Å².